The van der Waals surface area contributed by atoms with Gasteiger partial charge < -0.3 is 44.7 Å². The van der Waals surface area contributed by atoms with Crippen molar-refractivity contribution in [2.75, 3.05) is 154 Å². The second kappa shape index (κ2) is 38.5. The fraction of sp³-hybridized carbons (Fsp3) is 0.487. The van der Waals surface area contributed by atoms with Crippen molar-refractivity contribution in [3.05, 3.63) is 148 Å². The molecule has 29 heteroatoms. The number of rotatable bonds is 37. The predicted molar refractivity (Wildman–Crippen MR) is 404 cm³/mol. The highest BCUT2D eigenvalue weighted by atomic mass is 35.5. The van der Waals surface area contributed by atoms with Gasteiger partial charge in [0.2, 0.25) is 11.8 Å². The summed E-state index contributed by atoms with van der Waals surface area (Å²) in [5.41, 5.74) is 0.00393. The molecule has 568 valence electrons. The van der Waals surface area contributed by atoms with E-state index >= 15 is 0 Å². The number of thioether (sulfide) groups is 1. The average molecular weight is 1530 g/mol. The smallest absolute Gasteiger partial charge is 0.483 e. The van der Waals surface area contributed by atoms with Crippen LogP contribution in [0.3, 0.4) is 0 Å². The molecule has 22 nitrogen and oxygen atoms in total. The predicted octanol–water partition coefficient (Wildman–Crippen LogP) is 9.81. The number of hydrogen-bond donors (Lipinski definition) is 5. The van der Waals surface area contributed by atoms with E-state index in [0.29, 0.717) is 90.0 Å². The SMILES string of the molecule is C/C=S(/NC(=O)c1ccc(N2CCN(CC3=C(c4ccc(Cl)cc4)CCC(C)(C)C3)CC2)cc1)c1ccc(N[C@H](CCN2CCN(CCOCCOCCOCCNCCCCNC(=O)COc3cccc4c3C(=O)N(C3CCC(=O)NC3=O)C4=O)CC2)CSc2ccccc2)c(S(=O)(=O)C(F)(F)F)c1. The molecule has 4 heterocycles. The Bertz CT molecular complexity index is 3990. The number of piperazine rings is 2. The highest BCUT2D eigenvalue weighted by Crippen LogP contribution is 2.44. The van der Waals surface area contributed by atoms with Crippen LogP contribution in [0.15, 0.2) is 136 Å². The first-order valence-electron chi connectivity index (χ1n) is 35.9. The highest BCUT2D eigenvalue weighted by Gasteiger charge is 2.49. The van der Waals surface area contributed by atoms with E-state index in [1.807, 2.05) is 54.6 Å². The molecule has 0 spiro atoms. The van der Waals surface area contributed by atoms with E-state index in [1.54, 1.807) is 30.5 Å². The van der Waals surface area contributed by atoms with Crippen LogP contribution in [0.4, 0.5) is 24.5 Å². The molecule has 5 aliphatic rings. The number of carbonyl (C=O) groups excluding carboxylic acids is 6. The van der Waals surface area contributed by atoms with Crippen molar-refractivity contribution in [2.24, 2.45) is 5.41 Å². The summed E-state index contributed by atoms with van der Waals surface area (Å²) in [6, 6.07) is 32.0. The second-order valence-corrected chi connectivity index (χ2v) is 32.6. The van der Waals surface area contributed by atoms with Gasteiger partial charge >= 0.3 is 5.51 Å². The Labute approximate surface area is 625 Å². The summed E-state index contributed by atoms with van der Waals surface area (Å²) in [4.78, 5) is 87.4. The maximum atomic E-state index is 14.7. The van der Waals surface area contributed by atoms with Gasteiger partial charge in [0.25, 0.3) is 33.5 Å². The van der Waals surface area contributed by atoms with Crippen LogP contribution < -0.4 is 35.6 Å². The number of nitrogens with one attached hydrogen (secondary N) is 5. The molecule has 0 radical (unpaired) electrons. The summed E-state index contributed by atoms with van der Waals surface area (Å²) >= 11 is 7.78. The Morgan fingerprint density at radius 1 is 0.762 bits per heavy atom. The number of alkyl halides is 3. The van der Waals surface area contributed by atoms with E-state index in [2.05, 4.69) is 71.6 Å². The van der Waals surface area contributed by atoms with Crippen molar-refractivity contribution in [3.63, 3.8) is 0 Å². The van der Waals surface area contributed by atoms with Crippen molar-refractivity contribution in [1.82, 2.24) is 40.3 Å². The Morgan fingerprint density at radius 2 is 1.44 bits per heavy atom. The number of imide groups is 2. The van der Waals surface area contributed by atoms with Gasteiger partial charge in [0.15, 0.2) is 6.61 Å². The first-order valence-corrected chi connectivity index (χ1v) is 40.1. The van der Waals surface area contributed by atoms with Crippen LogP contribution >= 0.6 is 34.0 Å². The monoisotopic (exact) mass is 1530 g/mol. The number of halogens is 4. The zero-order chi connectivity index (χ0) is 74.5. The maximum absolute atomic E-state index is 14.7. The Morgan fingerprint density at radius 3 is 2.13 bits per heavy atom. The van der Waals surface area contributed by atoms with Gasteiger partial charge in [-0.1, -0.05) is 78.1 Å². The molecule has 5 aromatic rings. The molecular formula is C76H96ClF3N10O12S3. The van der Waals surface area contributed by atoms with Crippen LogP contribution in [-0.2, 0) is 38.4 Å². The molecule has 4 aliphatic heterocycles. The summed E-state index contributed by atoms with van der Waals surface area (Å²) in [5, 5.41) is 13.9. The number of allylic oxidation sites excluding steroid dienone is 1. The lowest BCUT2D eigenvalue weighted by Gasteiger charge is -2.39. The molecule has 0 aromatic heterocycles. The van der Waals surface area contributed by atoms with Crippen molar-refractivity contribution >= 4 is 102 Å². The highest BCUT2D eigenvalue weighted by molar-refractivity contribution is 8.13. The van der Waals surface area contributed by atoms with Crippen LogP contribution in [0.5, 0.6) is 5.75 Å². The number of fused-ring (bicyclic) bond motifs is 1. The van der Waals surface area contributed by atoms with Crippen LogP contribution in [0, 0.1) is 5.41 Å². The lowest BCUT2D eigenvalue weighted by Crippen LogP contribution is -2.54. The normalized spacial score (nSPS) is 18.3. The molecule has 5 aromatic carbocycles. The molecule has 1 aliphatic carbocycles. The number of hydrogen-bond acceptors (Lipinski definition) is 19. The number of nitrogens with zero attached hydrogens (tertiary/aromatic N) is 5. The van der Waals surface area contributed by atoms with Crippen LogP contribution in [-0.4, -0.2) is 230 Å². The molecule has 105 heavy (non-hydrogen) atoms. The molecule has 0 saturated carbocycles. The van der Waals surface area contributed by atoms with Crippen molar-refractivity contribution in [3.8, 4) is 5.75 Å². The Balaban J connectivity index is 0.597. The molecule has 10 rings (SSSR count). The minimum absolute atomic E-state index is 0.000453. The van der Waals surface area contributed by atoms with Crippen molar-refractivity contribution in [2.45, 2.75) is 104 Å². The number of anilines is 2. The van der Waals surface area contributed by atoms with E-state index in [9.17, 15) is 50.4 Å². The minimum Gasteiger partial charge on any atom is -0.483 e. The fourth-order valence-electron chi connectivity index (χ4n) is 13.5. The van der Waals surface area contributed by atoms with E-state index in [0.717, 1.165) is 118 Å². The van der Waals surface area contributed by atoms with Gasteiger partial charge in [-0.25, -0.2) is 8.42 Å². The number of ether oxygens (including phenoxy) is 4. The van der Waals surface area contributed by atoms with Crippen LogP contribution in [0.1, 0.15) is 109 Å². The molecular weight excluding hydrogens is 1430 g/mol. The number of unbranched alkanes of at least 4 members (excludes halogenated alkanes) is 1. The number of carbonyl (C=O) groups is 6. The van der Waals surface area contributed by atoms with Crippen LogP contribution in [0.2, 0.25) is 5.02 Å². The van der Waals surface area contributed by atoms with Gasteiger partial charge in [-0.05, 0) is 159 Å². The third-order valence-corrected chi connectivity index (χ3v) is 23.9. The quantitative estimate of drug-likeness (QED) is 0.0107. The van der Waals surface area contributed by atoms with E-state index in [-0.39, 0.29) is 52.3 Å². The molecule has 5 N–H and O–H groups in total. The first-order chi connectivity index (χ1) is 50.5. The molecule has 0 bridgehead atoms. The number of benzene rings is 5. The largest absolute Gasteiger partial charge is 0.501 e. The average Bonchev–Trinajstić information content (AvgIpc) is 1.66. The van der Waals surface area contributed by atoms with Gasteiger partial charge in [-0.2, -0.15) is 13.2 Å². The maximum Gasteiger partial charge on any atom is 0.501 e. The first kappa shape index (κ1) is 80.3. The molecule has 2 unspecified atom stereocenters. The number of sulfone groups is 1. The summed E-state index contributed by atoms with van der Waals surface area (Å²) in [6.45, 7) is 19.2. The second-order valence-electron chi connectivity index (χ2n) is 27.3. The van der Waals surface area contributed by atoms with Gasteiger partial charge in [0, 0.05) is 129 Å². The summed E-state index contributed by atoms with van der Waals surface area (Å²) in [7, 11) is -7.14. The molecule has 3 atom stereocenters. The summed E-state index contributed by atoms with van der Waals surface area (Å²) < 4.78 is 96.9. The van der Waals surface area contributed by atoms with Gasteiger partial charge in [0.1, 0.15) is 16.7 Å². The van der Waals surface area contributed by atoms with E-state index in [4.69, 9.17) is 30.5 Å². The Kier molecular flexibility index (Phi) is 29.5. The van der Waals surface area contributed by atoms with E-state index in [1.165, 1.54) is 52.7 Å². The topological polar surface area (TPSA) is 250 Å². The minimum atomic E-state index is -5.86. The lowest BCUT2D eigenvalue weighted by molar-refractivity contribution is -0.136. The van der Waals surface area contributed by atoms with Crippen molar-refractivity contribution in [1.29, 1.82) is 0 Å². The summed E-state index contributed by atoms with van der Waals surface area (Å²) in [5.74, 6) is -2.91. The zero-order valence-corrected chi connectivity index (χ0v) is 63.0. The molecule has 6 amide bonds. The number of amides is 6. The number of piperidine rings is 1. The Hall–Kier alpha value is -7.22. The summed E-state index contributed by atoms with van der Waals surface area (Å²) in [6.07, 6.45) is 5.26. The fourth-order valence-corrected chi connectivity index (χ4v) is 16.9. The zero-order valence-electron chi connectivity index (χ0n) is 59.8. The third kappa shape index (κ3) is 22.7. The third-order valence-electron chi connectivity index (χ3n) is 19.3. The van der Waals surface area contributed by atoms with Gasteiger partial charge in [0.05, 0.1) is 56.5 Å². The lowest BCUT2D eigenvalue weighted by atomic mass is 9.73. The van der Waals surface area contributed by atoms with Crippen molar-refractivity contribution < 1.29 is 69.3 Å². The molecule has 3 saturated heterocycles. The van der Waals surface area contributed by atoms with Gasteiger partial charge in [-0.15, -0.1) is 11.8 Å². The molecule has 3 fully saturated rings. The standard InChI is InChI=1S/C76H96ClF3N10O12S3/c1-4-104(85-71(93)55-17-21-59(22-18-55)89-40-38-88(39-41-89)51-56-50-75(2,3)29-27-62(56)54-15-19-57(77)20-16-54)61-23-24-64(67(49-61)105(97,98)76(78,79)80)83-58(53-103-60-11-6-5-7-12-60)28-33-86-34-36-87(37-35-86)42-44-100-46-48-101-47-45-99-43-32-81-30-8-9-31-82-69(92)52-102-66-14-10-13-63-70(66)74(96)90(73(63)95)65-25-26-68(91)84-72(65)94/h4-7,10-24,49,58,65,81,83H,8-9,25-48,50-53H2,1-3H3,(H,82,92)(H,85,93)(H,84,91,94)/t58-,65?,104?/m1/s1. The van der Waals surface area contributed by atoms with Crippen LogP contribution in [0.25, 0.3) is 5.57 Å². The van der Waals surface area contributed by atoms with E-state index < -0.39 is 78.4 Å². The van der Waals surface area contributed by atoms with Gasteiger partial charge in [-0.3, -0.25) is 53.5 Å².